The lowest BCUT2D eigenvalue weighted by Gasteiger charge is -2.37. The van der Waals surface area contributed by atoms with Gasteiger partial charge in [-0.2, -0.15) is 13.2 Å². The number of hydrogen-bond acceptors (Lipinski definition) is 6. The summed E-state index contributed by atoms with van der Waals surface area (Å²) >= 11 is 0. The summed E-state index contributed by atoms with van der Waals surface area (Å²) in [7, 11) is 2.16. The summed E-state index contributed by atoms with van der Waals surface area (Å²) in [5.41, 5.74) is 5.52. The zero-order valence-corrected chi connectivity index (χ0v) is 18.9. The zero-order chi connectivity index (χ0) is 23.2. The molecular formula is C23H33F3N6. The van der Waals surface area contributed by atoms with E-state index in [9.17, 15) is 13.2 Å². The lowest BCUT2D eigenvalue weighted by Crippen LogP contribution is -2.48. The molecule has 4 N–H and O–H groups in total. The first-order chi connectivity index (χ1) is 15.0. The van der Waals surface area contributed by atoms with E-state index in [1.807, 2.05) is 13.8 Å². The summed E-state index contributed by atoms with van der Waals surface area (Å²) < 4.78 is 39.6. The third kappa shape index (κ3) is 4.78. The summed E-state index contributed by atoms with van der Waals surface area (Å²) in [6.45, 7) is 8.54. The van der Waals surface area contributed by atoms with Gasteiger partial charge in [0, 0.05) is 61.6 Å². The molecule has 0 amide bonds. The van der Waals surface area contributed by atoms with Crippen molar-refractivity contribution in [1.29, 1.82) is 5.41 Å². The van der Waals surface area contributed by atoms with Crippen LogP contribution in [-0.4, -0.2) is 65.8 Å². The Morgan fingerprint density at radius 2 is 1.84 bits per heavy atom. The molecule has 6 nitrogen and oxygen atoms in total. The highest BCUT2D eigenvalue weighted by molar-refractivity contribution is 6.07. The number of nitrogens with one attached hydrogen (secondary N) is 2. The largest absolute Gasteiger partial charge is 0.419 e. The molecule has 1 aromatic rings. The van der Waals surface area contributed by atoms with Crippen LogP contribution < -0.4 is 11.1 Å². The van der Waals surface area contributed by atoms with E-state index in [2.05, 4.69) is 27.1 Å². The summed E-state index contributed by atoms with van der Waals surface area (Å²) in [4.78, 5) is 8.66. The number of halogens is 3. The molecule has 9 heteroatoms. The lowest BCUT2D eigenvalue weighted by atomic mass is 10.00. The molecule has 0 bridgehead atoms. The van der Waals surface area contributed by atoms with Gasteiger partial charge in [-0.05, 0) is 57.7 Å². The standard InChI is InChI=1S/C23H33F3N6/c1-13(2)30-20(11-19(27)14-8-18(23(24,25)26)22(28)29-12-14)21-16-9-15(10-17(16)21)32-6-4-31(3)5-7-32/h8,11-13,15-17,21,27,30H,4-7,9-10H2,1-3H3,(H2,28,29)/b20-11-,27-19?/t15-,16+,17-,21-. The van der Waals surface area contributed by atoms with Gasteiger partial charge in [0.15, 0.2) is 0 Å². The Labute approximate surface area is 187 Å². The Balaban J connectivity index is 1.47. The average molecular weight is 451 g/mol. The Kier molecular flexibility index (Phi) is 6.24. The number of anilines is 1. The van der Waals surface area contributed by atoms with Crippen molar-refractivity contribution in [3.8, 4) is 0 Å². The molecule has 4 atom stereocenters. The van der Waals surface area contributed by atoms with Crippen molar-refractivity contribution < 1.29 is 13.2 Å². The molecule has 3 fully saturated rings. The molecule has 1 aromatic heterocycles. The minimum absolute atomic E-state index is 0.0201. The number of hydrogen-bond donors (Lipinski definition) is 3. The highest BCUT2D eigenvalue weighted by atomic mass is 19.4. The third-order valence-corrected chi connectivity index (χ3v) is 7.12. The van der Waals surface area contributed by atoms with Crippen LogP contribution in [0.25, 0.3) is 0 Å². The number of likely N-dealkylation sites (N-methyl/N-ethyl adjacent to an activating group) is 1. The number of alkyl halides is 3. The molecule has 0 spiro atoms. The fourth-order valence-corrected chi connectivity index (χ4v) is 5.41. The molecule has 1 aliphatic heterocycles. The van der Waals surface area contributed by atoms with E-state index in [-0.39, 0.29) is 17.3 Å². The van der Waals surface area contributed by atoms with Gasteiger partial charge in [-0.15, -0.1) is 0 Å². The second kappa shape index (κ2) is 8.67. The fourth-order valence-electron chi connectivity index (χ4n) is 5.41. The van der Waals surface area contributed by atoms with Gasteiger partial charge in [0.05, 0.1) is 11.3 Å². The Morgan fingerprint density at radius 3 is 2.41 bits per heavy atom. The van der Waals surface area contributed by atoms with Gasteiger partial charge in [-0.1, -0.05) is 0 Å². The molecule has 3 aliphatic rings. The van der Waals surface area contributed by atoms with Crippen molar-refractivity contribution in [2.75, 3.05) is 39.0 Å². The van der Waals surface area contributed by atoms with Gasteiger partial charge < -0.3 is 21.4 Å². The Morgan fingerprint density at radius 1 is 1.22 bits per heavy atom. The van der Waals surface area contributed by atoms with E-state index in [1.165, 1.54) is 6.20 Å². The van der Waals surface area contributed by atoms with Crippen LogP contribution in [0, 0.1) is 23.2 Å². The number of piperazine rings is 1. The topological polar surface area (TPSA) is 81.3 Å². The first kappa shape index (κ1) is 23.0. The van der Waals surface area contributed by atoms with Crippen LogP contribution in [0.1, 0.15) is 37.8 Å². The average Bonchev–Trinajstić information content (AvgIpc) is 3.20. The zero-order valence-electron chi connectivity index (χ0n) is 18.9. The van der Waals surface area contributed by atoms with Gasteiger partial charge in [-0.3, -0.25) is 4.90 Å². The minimum Gasteiger partial charge on any atom is -0.386 e. The van der Waals surface area contributed by atoms with Crippen LogP contribution in [0.15, 0.2) is 24.0 Å². The van der Waals surface area contributed by atoms with E-state index >= 15 is 0 Å². The van der Waals surface area contributed by atoms with Crippen LogP contribution in [0.5, 0.6) is 0 Å². The summed E-state index contributed by atoms with van der Waals surface area (Å²) in [6, 6.07) is 1.73. The SMILES string of the molecule is CC(C)N/C(=C\C(=N)c1cnc(N)c(C(F)(F)F)c1)[C@H]1[C@@H]2C[C@H](N3CCN(C)CC3)C[C@@H]21. The Hall–Kier alpha value is -2.13. The molecule has 2 heterocycles. The molecule has 0 aromatic carbocycles. The van der Waals surface area contributed by atoms with E-state index in [0.717, 1.165) is 50.8 Å². The number of nitrogens with zero attached hydrogens (tertiary/aromatic N) is 3. The number of aromatic nitrogens is 1. The second-order valence-corrected chi connectivity index (χ2v) is 9.78. The smallest absolute Gasteiger partial charge is 0.386 e. The van der Waals surface area contributed by atoms with Crippen molar-refractivity contribution in [1.82, 2.24) is 20.1 Å². The van der Waals surface area contributed by atoms with Gasteiger partial charge >= 0.3 is 6.18 Å². The van der Waals surface area contributed by atoms with Crippen LogP contribution in [0.3, 0.4) is 0 Å². The first-order valence-electron chi connectivity index (χ1n) is 11.4. The second-order valence-electron chi connectivity index (χ2n) is 9.78. The van der Waals surface area contributed by atoms with E-state index < -0.39 is 17.6 Å². The molecule has 32 heavy (non-hydrogen) atoms. The fraction of sp³-hybridized carbons (Fsp3) is 0.652. The maximum atomic E-state index is 13.2. The molecule has 1 saturated heterocycles. The van der Waals surface area contributed by atoms with Crippen molar-refractivity contribution in [3.05, 3.63) is 35.2 Å². The minimum atomic E-state index is -4.60. The number of pyridine rings is 1. The normalized spacial score (nSPS) is 29.3. The molecule has 2 saturated carbocycles. The highest BCUT2D eigenvalue weighted by Crippen LogP contribution is 2.61. The van der Waals surface area contributed by atoms with Crippen molar-refractivity contribution >= 4 is 11.5 Å². The van der Waals surface area contributed by atoms with E-state index in [1.54, 1.807) is 6.08 Å². The number of fused-ring (bicyclic) bond motifs is 1. The van der Waals surface area contributed by atoms with E-state index in [4.69, 9.17) is 11.1 Å². The molecular weight excluding hydrogens is 417 g/mol. The molecule has 4 rings (SSSR count). The summed E-state index contributed by atoms with van der Waals surface area (Å²) in [6.07, 6.45) is 0.660. The number of allylic oxidation sites excluding steroid dienone is 2. The maximum Gasteiger partial charge on any atom is 0.419 e. The van der Waals surface area contributed by atoms with Gasteiger partial charge in [-0.25, -0.2) is 4.98 Å². The van der Waals surface area contributed by atoms with Crippen molar-refractivity contribution in [2.24, 2.45) is 17.8 Å². The van der Waals surface area contributed by atoms with Crippen molar-refractivity contribution in [2.45, 2.75) is 44.9 Å². The van der Waals surface area contributed by atoms with Crippen molar-refractivity contribution in [3.63, 3.8) is 0 Å². The molecule has 0 unspecified atom stereocenters. The van der Waals surface area contributed by atoms with Crippen LogP contribution in [0.4, 0.5) is 19.0 Å². The number of nitrogens with two attached hydrogens (primary N) is 1. The molecule has 2 aliphatic carbocycles. The number of rotatable bonds is 6. The number of nitrogen functional groups attached to an aromatic ring is 1. The molecule has 0 radical (unpaired) electrons. The third-order valence-electron chi connectivity index (χ3n) is 7.12. The van der Waals surface area contributed by atoms with E-state index in [0.29, 0.717) is 23.8 Å². The summed E-state index contributed by atoms with van der Waals surface area (Å²) in [5.74, 6) is 0.955. The molecule has 176 valence electrons. The van der Waals surface area contributed by atoms with Gasteiger partial charge in [0.25, 0.3) is 0 Å². The Bertz CT molecular complexity index is 876. The van der Waals surface area contributed by atoms with Crippen LogP contribution in [-0.2, 0) is 6.18 Å². The van der Waals surface area contributed by atoms with Gasteiger partial charge in [0.2, 0.25) is 0 Å². The first-order valence-corrected chi connectivity index (χ1v) is 11.4. The van der Waals surface area contributed by atoms with Crippen LogP contribution in [0.2, 0.25) is 0 Å². The predicted octanol–water partition coefficient (Wildman–Crippen LogP) is 3.20. The lowest BCUT2D eigenvalue weighted by molar-refractivity contribution is -0.137. The highest BCUT2D eigenvalue weighted by Gasteiger charge is 2.58. The predicted molar refractivity (Wildman–Crippen MR) is 119 cm³/mol. The van der Waals surface area contributed by atoms with Crippen LogP contribution >= 0.6 is 0 Å². The summed E-state index contributed by atoms with van der Waals surface area (Å²) in [5, 5.41) is 11.9. The maximum absolute atomic E-state index is 13.2. The quantitative estimate of drug-likeness (QED) is 0.580. The van der Waals surface area contributed by atoms with Gasteiger partial charge in [0.1, 0.15) is 5.82 Å². The monoisotopic (exact) mass is 450 g/mol.